The average Bonchev–Trinajstić information content (AvgIpc) is 3.23. The Labute approximate surface area is 170 Å². The summed E-state index contributed by atoms with van der Waals surface area (Å²) >= 11 is 1.70. The molecule has 3 aromatic rings. The Morgan fingerprint density at radius 3 is 2.46 bits per heavy atom. The first-order valence-corrected chi connectivity index (χ1v) is 9.94. The summed E-state index contributed by atoms with van der Waals surface area (Å²) in [5, 5.41) is 8.45. The number of hydrogen-bond acceptors (Lipinski definition) is 5. The summed E-state index contributed by atoms with van der Waals surface area (Å²) in [5.41, 5.74) is 2.27. The van der Waals surface area contributed by atoms with Crippen LogP contribution in [0.4, 0.5) is 11.4 Å². The van der Waals surface area contributed by atoms with Crippen LogP contribution in [0.2, 0.25) is 0 Å². The second kappa shape index (κ2) is 9.39. The summed E-state index contributed by atoms with van der Waals surface area (Å²) in [7, 11) is 5.69. The minimum absolute atomic E-state index is 0.0972. The number of carbonyl (C=O) groups excluding carboxylic acids is 1. The largest absolute Gasteiger partial charge is 0.497 e. The second-order valence-electron chi connectivity index (χ2n) is 6.60. The van der Waals surface area contributed by atoms with Crippen molar-refractivity contribution in [1.82, 2.24) is 10.2 Å². The Bertz CT molecular complexity index is 892. The Morgan fingerprint density at radius 2 is 1.82 bits per heavy atom. The van der Waals surface area contributed by atoms with Crippen molar-refractivity contribution in [3.63, 3.8) is 0 Å². The van der Waals surface area contributed by atoms with Gasteiger partial charge in [0.25, 0.3) is 5.91 Å². The normalized spacial score (nSPS) is 11.9. The van der Waals surface area contributed by atoms with Gasteiger partial charge in [-0.05, 0) is 61.9 Å². The van der Waals surface area contributed by atoms with Crippen LogP contribution in [-0.4, -0.2) is 38.6 Å². The van der Waals surface area contributed by atoms with Crippen LogP contribution < -0.4 is 15.4 Å². The first-order chi connectivity index (χ1) is 13.6. The molecule has 0 aliphatic heterocycles. The summed E-state index contributed by atoms with van der Waals surface area (Å²) in [6.45, 7) is 0.545. The Hall–Kier alpha value is -2.83. The van der Waals surface area contributed by atoms with Gasteiger partial charge in [-0.2, -0.15) is 0 Å². The molecular weight excluding hydrogens is 370 g/mol. The van der Waals surface area contributed by atoms with Gasteiger partial charge in [-0.1, -0.05) is 18.2 Å². The van der Waals surface area contributed by atoms with Crippen LogP contribution in [0.25, 0.3) is 0 Å². The summed E-state index contributed by atoms with van der Waals surface area (Å²) in [4.78, 5) is 16.2. The van der Waals surface area contributed by atoms with Gasteiger partial charge in [0.05, 0.1) is 24.4 Å². The van der Waals surface area contributed by atoms with Crippen molar-refractivity contribution in [3.05, 3.63) is 76.5 Å². The lowest BCUT2D eigenvalue weighted by Gasteiger charge is -2.24. The number of methoxy groups -OCH3 is 1. The van der Waals surface area contributed by atoms with Crippen molar-refractivity contribution < 1.29 is 9.53 Å². The highest BCUT2D eigenvalue weighted by Gasteiger charge is 2.18. The summed E-state index contributed by atoms with van der Waals surface area (Å²) in [5.74, 6) is 0.694. The molecule has 0 saturated heterocycles. The number of carbonyl (C=O) groups is 1. The van der Waals surface area contributed by atoms with Gasteiger partial charge in [0, 0.05) is 17.1 Å². The molecule has 2 aromatic carbocycles. The van der Waals surface area contributed by atoms with Gasteiger partial charge in [0.1, 0.15) is 5.75 Å². The Kier molecular flexibility index (Phi) is 6.68. The fourth-order valence-corrected chi connectivity index (χ4v) is 3.85. The highest BCUT2D eigenvalue weighted by Crippen LogP contribution is 2.24. The van der Waals surface area contributed by atoms with Gasteiger partial charge in [0.15, 0.2) is 0 Å². The first-order valence-electron chi connectivity index (χ1n) is 9.06. The summed E-state index contributed by atoms with van der Waals surface area (Å²) in [6, 6.07) is 19.4. The van der Waals surface area contributed by atoms with Crippen LogP contribution in [0, 0.1) is 0 Å². The van der Waals surface area contributed by atoms with E-state index >= 15 is 0 Å². The molecule has 0 aliphatic carbocycles. The third kappa shape index (κ3) is 4.91. The van der Waals surface area contributed by atoms with Gasteiger partial charge in [0.2, 0.25) is 0 Å². The number of amides is 1. The van der Waals surface area contributed by atoms with Crippen LogP contribution >= 0.6 is 11.3 Å². The fourth-order valence-electron chi connectivity index (χ4n) is 2.92. The number of para-hydroxylation sites is 1. The number of rotatable bonds is 8. The van der Waals surface area contributed by atoms with Gasteiger partial charge in [-0.15, -0.1) is 11.3 Å². The second-order valence-corrected chi connectivity index (χ2v) is 7.58. The molecule has 0 aliphatic rings. The van der Waals surface area contributed by atoms with Crippen molar-refractivity contribution in [2.75, 3.05) is 33.1 Å². The predicted molar refractivity (Wildman–Crippen MR) is 116 cm³/mol. The van der Waals surface area contributed by atoms with E-state index in [1.807, 2.05) is 68.7 Å². The third-order valence-electron chi connectivity index (χ3n) is 4.49. The molecule has 1 unspecified atom stereocenters. The molecular formula is C22H25N3O2S. The molecule has 1 atom stereocenters. The molecule has 0 spiro atoms. The zero-order chi connectivity index (χ0) is 19.9. The van der Waals surface area contributed by atoms with Crippen molar-refractivity contribution in [3.8, 4) is 5.75 Å². The average molecular weight is 396 g/mol. The molecule has 1 amide bonds. The molecule has 5 nitrogen and oxygen atoms in total. The van der Waals surface area contributed by atoms with Crippen LogP contribution in [-0.2, 0) is 0 Å². The van der Waals surface area contributed by atoms with E-state index in [0.29, 0.717) is 12.1 Å². The van der Waals surface area contributed by atoms with E-state index in [-0.39, 0.29) is 11.9 Å². The van der Waals surface area contributed by atoms with Crippen LogP contribution in [0.5, 0.6) is 5.75 Å². The number of hydrogen-bond donors (Lipinski definition) is 2. The molecule has 28 heavy (non-hydrogen) atoms. The molecule has 3 rings (SSSR count). The number of thiophene rings is 1. The van der Waals surface area contributed by atoms with Crippen molar-refractivity contribution in [2.24, 2.45) is 0 Å². The van der Waals surface area contributed by atoms with E-state index in [9.17, 15) is 4.79 Å². The molecule has 1 heterocycles. The topological polar surface area (TPSA) is 53.6 Å². The standard InChI is InChI=1S/C22H25N3O2S/c1-25(2)20(21-9-6-14-28-21)15-23-22(26)18-7-4-5-8-19(18)24-16-10-12-17(27-3)13-11-16/h4-14,20,24H,15H2,1-3H3,(H,23,26). The number of nitrogens with zero attached hydrogens (tertiary/aromatic N) is 1. The van der Waals surface area contributed by atoms with Crippen molar-refractivity contribution >= 4 is 28.6 Å². The number of ether oxygens (including phenoxy) is 1. The maximum atomic E-state index is 12.9. The lowest BCUT2D eigenvalue weighted by Crippen LogP contribution is -2.34. The van der Waals surface area contributed by atoms with Crippen molar-refractivity contribution in [2.45, 2.75) is 6.04 Å². The lowest BCUT2D eigenvalue weighted by molar-refractivity contribution is 0.0943. The van der Waals surface area contributed by atoms with E-state index in [4.69, 9.17) is 4.74 Å². The van der Waals surface area contributed by atoms with E-state index in [1.54, 1.807) is 18.4 Å². The van der Waals surface area contributed by atoms with Crippen molar-refractivity contribution in [1.29, 1.82) is 0 Å². The highest BCUT2D eigenvalue weighted by molar-refractivity contribution is 7.10. The molecule has 0 saturated carbocycles. The van der Waals surface area contributed by atoms with E-state index in [0.717, 1.165) is 17.1 Å². The van der Waals surface area contributed by atoms with Gasteiger partial charge < -0.3 is 20.3 Å². The fraction of sp³-hybridized carbons (Fsp3) is 0.227. The zero-order valence-electron chi connectivity index (χ0n) is 16.3. The maximum absolute atomic E-state index is 12.9. The van der Waals surface area contributed by atoms with Gasteiger partial charge >= 0.3 is 0 Å². The zero-order valence-corrected chi connectivity index (χ0v) is 17.1. The predicted octanol–water partition coefficient (Wildman–Crippen LogP) is 4.53. The van der Waals surface area contributed by atoms with E-state index in [2.05, 4.69) is 27.0 Å². The Balaban J connectivity index is 1.71. The minimum atomic E-state index is -0.0972. The maximum Gasteiger partial charge on any atom is 0.253 e. The number of anilines is 2. The van der Waals surface area contributed by atoms with Crippen LogP contribution in [0.3, 0.4) is 0 Å². The monoisotopic (exact) mass is 395 g/mol. The molecule has 0 fully saturated rings. The quantitative estimate of drug-likeness (QED) is 0.588. The smallest absolute Gasteiger partial charge is 0.253 e. The number of benzene rings is 2. The molecule has 6 heteroatoms. The third-order valence-corrected chi connectivity index (χ3v) is 5.47. The Morgan fingerprint density at radius 1 is 1.07 bits per heavy atom. The highest BCUT2D eigenvalue weighted by atomic mass is 32.1. The van der Waals surface area contributed by atoms with Gasteiger partial charge in [-0.3, -0.25) is 4.79 Å². The first kappa shape index (κ1) is 19.9. The molecule has 1 aromatic heterocycles. The molecule has 2 N–H and O–H groups in total. The molecule has 146 valence electrons. The van der Waals surface area contributed by atoms with Crippen LogP contribution in [0.1, 0.15) is 21.3 Å². The summed E-state index contributed by atoms with van der Waals surface area (Å²) < 4.78 is 5.19. The SMILES string of the molecule is COc1ccc(Nc2ccccc2C(=O)NCC(c2cccs2)N(C)C)cc1. The molecule has 0 radical (unpaired) electrons. The van der Waals surface area contributed by atoms with Gasteiger partial charge in [-0.25, -0.2) is 0 Å². The van der Waals surface area contributed by atoms with Crippen LogP contribution in [0.15, 0.2) is 66.0 Å². The van der Waals surface area contributed by atoms with E-state index in [1.165, 1.54) is 4.88 Å². The minimum Gasteiger partial charge on any atom is -0.497 e. The lowest BCUT2D eigenvalue weighted by atomic mass is 10.1. The number of nitrogens with one attached hydrogen (secondary N) is 2. The molecule has 0 bridgehead atoms. The number of likely N-dealkylation sites (N-methyl/N-ethyl adjacent to an activating group) is 1. The summed E-state index contributed by atoms with van der Waals surface area (Å²) in [6.07, 6.45) is 0. The van der Waals surface area contributed by atoms with E-state index < -0.39 is 0 Å².